The van der Waals surface area contributed by atoms with E-state index in [1.165, 1.54) is 18.9 Å². The van der Waals surface area contributed by atoms with E-state index < -0.39 is 11.6 Å². The summed E-state index contributed by atoms with van der Waals surface area (Å²) < 4.78 is 26.3. The Kier molecular flexibility index (Phi) is 4.19. The summed E-state index contributed by atoms with van der Waals surface area (Å²) in [6.45, 7) is 2.13. The minimum Gasteiger partial charge on any atom is -0.324 e. The number of hydrogen-bond donors (Lipinski definition) is 1. The summed E-state index contributed by atoms with van der Waals surface area (Å²) in [5.74, 6) is -1.20. The molecule has 0 spiro atoms. The van der Waals surface area contributed by atoms with Crippen LogP contribution in [0.4, 0.5) is 14.5 Å². The molecule has 2 fully saturated rings. The SMILES string of the molecule is O=C(CC1CCN(C2CC2)CC1)Nc1ccc(F)cc1F. The molecule has 3 rings (SSSR count). The molecule has 1 amide bonds. The lowest BCUT2D eigenvalue weighted by atomic mass is 9.93. The van der Waals surface area contributed by atoms with Crippen molar-refractivity contribution >= 4 is 11.6 Å². The maximum atomic E-state index is 13.5. The second-order valence-corrected chi connectivity index (χ2v) is 6.09. The third-order valence-electron chi connectivity index (χ3n) is 4.39. The van der Waals surface area contributed by atoms with E-state index in [0.717, 1.165) is 44.1 Å². The molecule has 1 heterocycles. The van der Waals surface area contributed by atoms with E-state index in [1.54, 1.807) is 0 Å². The van der Waals surface area contributed by atoms with Crippen molar-refractivity contribution in [3.63, 3.8) is 0 Å². The number of halogens is 2. The summed E-state index contributed by atoms with van der Waals surface area (Å²) in [6.07, 6.45) is 5.09. The maximum absolute atomic E-state index is 13.5. The number of carbonyl (C=O) groups excluding carboxylic acids is 1. The van der Waals surface area contributed by atoms with Gasteiger partial charge in [0.05, 0.1) is 5.69 Å². The van der Waals surface area contributed by atoms with Crippen molar-refractivity contribution in [2.45, 2.75) is 38.1 Å². The molecule has 0 atom stereocenters. The highest BCUT2D eigenvalue weighted by molar-refractivity contribution is 5.90. The fraction of sp³-hybridized carbons (Fsp3) is 0.562. The lowest BCUT2D eigenvalue weighted by Gasteiger charge is -2.31. The summed E-state index contributed by atoms with van der Waals surface area (Å²) in [6, 6.07) is 3.97. The van der Waals surface area contributed by atoms with Crippen LogP contribution < -0.4 is 5.32 Å². The van der Waals surface area contributed by atoms with Gasteiger partial charge in [0.25, 0.3) is 0 Å². The molecular weight excluding hydrogens is 274 g/mol. The van der Waals surface area contributed by atoms with Gasteiger partial charge < -0.3 is 10.2 Å². The molecule has 1 aliphatic carbocycles. The van der Waals surface area contributed by atoms with Crippen molar-refractivity contribution in [1.82, 2.24) is 4.90 Å². The van der Waals surface area contributed by atoms with Crippen molar-refractivity contribution in [2.24, 2.45) is 5.92 Å². The molecule has 21 heavy (non-hydrogen) atoms. The Hall–Kier alpha value is -1.49. The molecule has 1 aromatic carbocycles. The van der Waals surface area contributed by atoms with Gasteiger partial charge in [-0.2, -0.15) is 0 Å². The topological polar surface area (TPSA) is 32.3 Å². The van der Waals surface area contributed by atoms with E-state index in [1.807, 2.05) is 0 Å². The summed E-state index contributed by atoms with van der Waals surface area (Å²) >= 11 is 0. The number of nitrogens with one attached hydrogen (secondary N) is 1. The third kappa shape index (κ3) is 3.79. The van der Waals surface area contributed by atoms with Crippen LogP contribution in [0.15, 0.2) is 18.2 Å². The summed E-state index contributed by atoms with van der Waals surface area (Å²) in [5, 5.41) is 2.54. The van der Waals surface area contributed by atoms with Crippen LogP contribution in [0.2, 0.25) is 0 Å². The molecule has 5 heteroatoms. The average Bonchev–Trinajstić information content (AvgIpc) is 3.27. The van der Waals surface area contributed by atoms with E-state index in [0.29, 0.717) is 12.3 Å². The van der Waals surface area contributed by atoms with Gasteiger partial charge in [0.15, 0.2) is 0 Å². The van der Waals surface area contributed by atoms with Gasteiger partial charge in [-0.15, -0.1) is 0 Å². The van der Waals surface area contributed by atoms with Crippen molar-refractivity contribution in [1.29, 1.82) is 0 Å². The van der Waals surface area contributed by atoms with Gasteiger partial charge in [-0.1, -0.05) is 0 Å². The largest absolute Gasteiger partial charge is 0.324 e. The first-order valence-corrected chi connectivity index (χ1v) is 7.61. The fourth-order valence-corrected chi connectivity index (χ4v) is 3.02. The minimum absolute atomic E-state index is 0.0526. The van der Waals surface area contributed by atoms with E-state index in [9.17, 15) is 13.6 Å². The normalized spacial score (nSPS) is 20.5. The van der Waals surface area contributed by atoms with Crippen LogP contribution in [0.1, 0.15) is 32.1 Å². The van der Waals surface area contributed by atoms with Gasteiger partial charge in [-0.3, -0.25) is 4.79 Å². The first-order chi connectivity index (χ1) is 10.1. The predicted molar refractivity (Wildman–Crippen MR) is 76.9 cm³/mol. The smallest absolute Gasteiger partial charge is 0.224 e. The molecule has 3 nitrogen and oxygen atoms in total. The Balaban J connectivity index is 1.47. The van der Waals surface area contributed by atoms with E-state index >= 15 is 0 Å². The first kappa shape index (κ1) is 14.4. The lowest BCUT2D eigenvalue weighted by Crippen LogP contribution is -2.36. The number of nitrogens with zero attached hydrogens (tertiary/aromatic N) is 1. The molecule has 2 aliphatic rings. The Morgan fingerprint density at radius 3 is 2.52 bits per heavy atom. The molecule has 1 aromatic rings. The highest BCUT2D eigenvalue weighted by atomic mass is 19.1. The quantitative estimate of drug-likeness (QED) is 0.925. The number of likely N-dealkylation sites (tertiary alicyclic amines) is 1. The van der Waals surface area contributed by atoms with Crippen molar-refractivity contribution in [3.05, 3.63) is 29.8 Å². The number of benzene rings is 1. The van der Waals surface area contributed by atoms with Crippen LogP contribution >= 0.6 is 0 Å². The molecule has 114 valence electrons. The minimum atomic E-state index is -0.730. The van der Waals surface area contributed by atoms with Crippen molar-refractivity contribution in [2.75, 3.05) is 18.4 Å². The molecule has 0 aromatic heterocycles. The van der Waals surface area contributed by atoms with Gasteiger partial charge in [0, 0.05) is 18.5 Å². The summed E-state index contributed by atoms with van der Waals surface area (Å²) in [7, 11) is 0. The molecule has 1 N–H and O–H groups in total. The summed E-state index contributed by atoms with van der Waals surface area (Å²) in [5.41, 5.74) is 0.0526. The zero-order valence-electron chi connectivity index (χ0n) is 11.9. The number of amides is 1. The van der Waals surface area contributed by atoms with Crippen LogP contribution in [0, 0.1) is 17.6 Å². The van der Waals surface area contributed by atoms with Gasteiger partial charge in [0.2, 0.25) is 5.91 Å². The molecule has 1 aliphatic heterocycles. The van der Waals surface area contributed by atoms with Crippen LogP contribution in [-0.4, -0.2) is 29.9 Å². The fourth-order valence-electron chi connectivity index (χ4n) is 3.02. The number of piperidine rings is 1. The van der Waals surface area contributed by atoms with E-state index in [-0.39, 0.29) is 11.6 Å². The van der Waals surface area contributed by atoms with Crippen LogP contribution in [0.3, 0.4) is 0 Å². The third-order valence-corrected chi connectivity index (χ3v) is 4.39. The Labute approximate surface area is 123 Å². The average molecular weight is 294 g/mol. The zero-order valence-corrected chi connectivity index (χ0v) is 11.9. The standard InChI is InChI=1S/C16H20F2N2O/c17-12-1-4-15(14(18)10-12)19-16(21)9-11-5-7-20(8-6-11)13-2-3-13/h1,4,10-11,13H,2-3,5-9H2,(H,19,21). The van der Waals surface area contributed by atoms with Crippen LogP contribution in [0.5, 0.6) is 0 Å². The van der Waals surface area contributed by atoms with Crippen LogP contribution in [-0.2, 0) is 4.79 Å². The van der Waals surface area contributed by atoms with Crippen LogP contribution in [0.25, 0.3) is 0 Å². The Morgan fingerprint density at radius 1 is 1.19 bits per heavy atom. The molecule has 0 unspecified atom stereocenters. The number of rotatable bonds is 4. The zero-order chi connectivity index (χ0) is 14.8. The van der Waals surface area contributed by atoms with E-state index in [2.05, 4.69) is 10.2 Å². The van der Waals surface area contributed by atoms with Crippen molar-refractivity contribution < 1.29 is 13.6 Å². The highest BCUT2D eigenvalue weighted by Gasteiger charge is 2.32. The second kappa shape index (κ2) is 6.10. The van der Waals surface area contributed by atoms with E-state index in [4.69, 9.17) is 0 Å². The number of carbonyl (C=O) groups is 1. The molecular formula is C16H20F2N2O. The highest BCUT2D eigenvalue weighted by Crippen LogP contribution is 2.31. The van der Waals surface area contributed by atoms with Gasteiger partial charge >= 0.3 is 0 Å². The Morgan fingerprint density at radius 2 is 1.90 bits per heavy atom. The van der Waals surface area contributed by atoms with Gasteiger partial charge in [0.1, 0.15) is 11.6 Å². The number of hydrogen-bond acceptors (Lipinski definition) is 2. The van der Waals surface area contributed by atoms with Gasteiger partial charge in [-0.25, -0.2) is 8.78 Å². The number of anilines is 1. The molecule has 0 bridgehead atoms. The summed E-state index contributed by atoms with van der Waals surface area (Å²) in [4.78, 5) is 14.5. The molecule has 0 radical (unpaired) electrons. The first-order valence-electron chi connectivity index (χ1n) is 7.61. The molecule has 1 saturated heterocycles. The lowest BCUT2D eigenvalue weighted by molar-refractivity contribution is -0.117. The van der Waals surface area contributed by atoms with Gasteiger partial charge in [-0.05, 0) is 56.8 Å². The Bertz CT molecular complexity index is 523. The maximum Gasteiger partial charge on any atom is 0.224 e. The second-order valence-electron chi connectivity index (χ2n) is 6.09. The monoisotopic (exact) mass is 294 g/mol. The predicted octanol–water partition coefficient (Wildman–Crippen LogP) is 3.17. The molecule has 1 saturated carbocycles. The van der Waals surface area contributed by atoms with Crippen molar-refractivity contribution in [3.8, 4) is 0 Å².